The third kappa shape index (κ3) is 4.76. The van der Waals surface area contributed by atoms with Crippen LogP contribution < -0.4 is 0 Å². The van der Waals surface area contributed by atoms with Crippen molar-refractivity contribution in [3.63, 3.8) is 0 Å². The summed E-state index contributed by atoms with van der Waals surface area (Å²) in [6, 6.07) is 8.15. The van der Waals surface area contributed by atoms with Gasteiger partial charge < -0.3 is 4.90 Å². The quantitative estimate of drug-likeness (QED) is 0.722. The summed E-state index contributed by atoms with van der Waals surface area (Å²) in [7, 11) is -2.98. The Morgan fingerprint density at radius 3 is 2.33 bits per heavy atom. The number of sulfone groups is 1. The molecule has 4 nitrogen and oxygen atoms in total. The van der Waals surface area contributed by atoms with Crippen LogP contribution >= 0.6 is 11.8 Å². The fourth-order valence-electron chi connectivity index (χ4n) is 3.03. The van der Waals surface area contributed by atoms with Crippen LogP contribution in [0.15, 0.2) is 29.2 Å². The average molecular weight is 370 g/mol. The van der Waals surface area contributed by atoms with Crippen LogP contribution in [0.3, 0.4) is 0 Å². The highest BCUT2D eigenvalue weighted by Crippen LogP contribution is 2.28. The van der Waals surface area contributed by atoms with E-state index < -0.39 is 9.84 Å². The highest BCUT2D eigenvalue weighted by molar-refractivity contribution is 8.00. The number of carbonyl (C=O) groups is 1. The summed E-state index contributed by atoms with van der Waals surface area (Å²) in [6.07, 6.45) is 0.558. The Kier molecular flexibility index (Phi) is 6.37. The van der Waals surface area contributed by atoms with Crippen molar-refractivity contribution >= 4 is 27.5 Å². The van der Waals surface area contributed by atoms with Crippen LogP contribution in [0.25, 0.3) is 0 Å². The lowest BCUT2D eigenvalue weighted by Gasteiger charge is -2.29. The predicted molar refractivity (Wildman–Crippen MR) is 100 cm³/mol. The number of carbonyl (C=O) groups excluding carboxylic acids is 1. The molecule has 0 N–H and O–H groups in total. The van der Waals surface area contributed by atoms with Crippen molar-refractivity contribution in [1.29, 1.82) is 0 Å². The van der Waals surface area contributed by atoms with Crippen molar-refractivity contribution in [3.05, 3.63) is 29.8 Å². The van der Waals surface area contributed by atoms with E-state index in [-0.39, 0.29) is 28.7 Å². The topological polar surface area (TPSA) is 54.5 Å². The number of rotatable bonds is 6. The standard InChI is InChI=1S/C18H27NO3S2/c1-5-19(16-10-11-24(21,22)12-16)18(20)14(4)23-17-8-6-15(7-9-17)13(2)3/h6-9,13-14,16H,5,10-12H2,1-4H3. The van der Waals surface area contributed by atoms with Crippen molar-refractivity contribution in [2.24, 2.45) is 0 Å². The third-order valence-electron chi connectivity index (χ3n) is 4.48. The predicted octanol–water partition coefficient (Wildman–Crippen LogP) is 3.33. The molecule has 2 rings (SSSR count). The second-order valence-corrected chi connectivity index (χ2v) is 10.3. The Morgan fingerprint density at radius 1 is 1.25 bits per heavy atom. The molecule has 0 aliphatic carbocycles. The van der Waals surface area contributed by atoms with Crippen LogP contribution in [0.4, 0.5) is 0 Å². The molecule has 0 saturated carbocycles. The van der Waals surface area contributed by atoms with Crippen LogP contribution in [0, 0.1) is 0 Å². The number of hydrogen-bond acceptors (Lipinski definition) is 4. The fraction of sp³-hybridized carbons (Fsp3) is 0.611. The van der Waals surface area contributed by atoms with Gasteiger partial charge in [-0.2, -0.15) is 0 Å². The van der Waals surface area contributed by atoms with Gasteiger partial charge in [-0.1, -0.05) is 26.0 Å². The van der Waals surface area contributed by atoms with Crippen molar-refractivity contribution in [1.82, 2.24) is 4.90 Å². The van der Waals surface area contributed by atoms with Crippen LogP contribution in [0.5, 0.6) is 0 Å². The van der Waals surface area contributed by atoms with Gasteiger partial charge in [0.15, 0.2) is 9.84 Å². The second-order valence-electron chi connectivity index (χ2n) is 6.66. The maximum absolute atomic E-state index is 12.8. The highest BCUT2D eigenvalue weighted by Gasteiger charge is 2.35. The zero-order valence-electron chi connectivity index (χ0n) is 14.9. The summed E-state index contributed by atoms with van der Waals surface area (Å²) in [4.78, 5) is 15.6. The molecule has 1 fully saturated rings. The Balaban J connectivity index is 2.02. The smallest absolute Gasteiger partial charge is 0.236 e. The van der Waals surface area contributed by atoms with Crippen molar-refractivity contribution in [2.45, 2.75) is 56.2 Å². The molecule has 24 heavy (non-hydrogen) atoms. The summed E-state index contributed by atoms with van der Waals surface area (Å²) in [5, 5.41) is -0.224. The molecule has 2 atom stereocenters. The van der Waals surface area contributed by atoms with Crippen LogP contribution in [-0.4, -0.2) is 48.6 Å². The number of hydrogen-bond donors (Lipinski definition) is 0. The minimum absolute atomic E-state index is 0.0255. The Labute approximate surface area is 149 Å². The summed E-state index contributed by atoms with van der Waals surface area (Å²) in [5.41, 5.74) is 1.28. The third-order valence-corrected chi connectivity index (χ3v) is 7.33. The summed E-state index contributed by atoms with van der Waals surface area (Å²) in [5.74, 6) is 0.813. The Morgan fingerprint density at radius 2 is 1.88 bits per heavy atom. The Hall–Kier alpha value is -1.01. The van der Waals surface area contributed by atoms with E-state index in [1.54, 1.807) is 4.90 Å². The van der Waals surface area contributed by atoms with Gasteiger partial charge in [-0.3, -0.25) is 4.79 Å². The zero-order valence-corrected chi connectivity index (χ0v) is 16.5. The normalized spacial score (nSPS) is 21.0. The first-order chi connectivity index (χ1) is 11.2. The molecule has 134 valence electrons. The van der Waals surface area contributed by atoms with Crippen molar-refractivity contribution in [3.8, 4) is 0 Å². The number of thioether (sulfide) groups is 1. The lowest BCUT2D eigenvalue weighted by molar-refractivity contribution is -0.131. The van der Waals surface area contributed by atoms with Gasteiger partial charge >= 0.3 is 0 Å². The summed E-state index contributed by atoms with van der Waals surface area (Å²) < 4.78 is 23.4. The van der Waals surface area contributed by atoms with E-state index in [0.717, 1.165) is 4.90 Å². The van der Waals surface area contributed by atoms with Crippen LogP contribution in [0.2, 0.25) is 0 Å². The molecular formula is C18H27NO3S2. The molecule has 1 aliphatic heterocycles. The van der Waals surface area contributed by atoms with E-state index in [4.69, 9.17) is 0 Å². The lowest BCUT2D eigenvalue weighted by Crippen LogP contribution is -2.44. The van der Waals surface area contributed by atoms with E-state index in [1.165, 1.54) is 17.3 Å². The fourth-order valence-corrected chi connectivity index (χ4v) is 5.70. The highest BCUT2D eigenvalue weighted by atomic mass is 32.2. The molecular weight excluding hydrogens is 342 g/mol. The monoisotopic (exact) mass is 369 g/mol. The number of benzene rings is 1. The molecule has 0 radical (unpaired) electrons. The molecule has 1 aromatic carbocycles. The SMILES string of the molecule is CCN(C(=O)C(C)Sc1ccc(C(C)C)cc1)C1CCS(=O)(=O)C1. The van der Waals surface area contributed by atoms with Gasteiger partial charge in [-0.15, -0.1) is 11.8 Å². The molecule has 2 unspecified atom stereocenters. The minimum atomic E-state index is -2.98. The molecule has 0 bridgehead atoms. The second kappa shape index (κ2) is 7.91. The average Bonchev–Trinajstić information content (AvgIpc) is 2.88. The van der Waals surface area contributed by atoms with E-state index in [1.807, 2.05) is 13.8 Å². The molecule has 6 heteroatoms. The molecule has 1 aliphatic rings. The maximum Gasteiger partial charge on any atom is 0.236 e. The first kappa shape index (κ1) is 19.3. The van der Waals surface area contributed by atoms with Crippen molar-refractivity contribution in [2.75, 3.05) is 18.1 Å². The van der Waals surface area contributed by atoms with Gasteiger partial charge in [0.1, 0.15) is 0 Å². The number of nitrogens with zero attached hydrogens (tertiary/aromatic N) is 1. The van der Waals surface area contributed by atoms with Gasteiger partial charge in [0.05, 0.1) is 16.8 Å². The van der Waals surface area contributed by atoms with Crippen LogP contribution in [0.1, 0.15) is 45.6 Å². The van der Waals surface area contributed by atoms with Crippen molar-refractivity contribution < 1.29 is 13.2 Å². The molecule has 1 heterocycles. The molecule has 0 aromatic heterocycles. The summed E-state index contributed by atoms with van der Waals surface area (Å²) >= 11 is 1.53. The van der Waals surface area contributed by atoms with E-state index >= 15 is 0 Å². The van der Waals surface area contributed by atoms with Gasteiger partial charge in [0.2, 0.25) is 5.91 Å². The molecule has 1 aromatic rings. The zero-order chi connectivity index (χ0) is 17.9. The summed E-state index contributed by atoms with van der Waals surface area (Å²) in [6.45, 7) is 8.68. The first-order valence-electron chi connectivity index (χ1n) is 8.51. The largest absolute Gasteiger partial charge is 0.338 e. The lowest BCUT2D eigenvalue weighted by atomic mass is 10.0. The van der Waals surface area contributed by atoms with E-state index in [2.05, 4.69) is 38.1 Å². The van der Waals surface area contributed by atoms with E-state index in [9.17, 15) is 13.2 Å². The van der Waals surface area contributed by atoms with Gasteiger partial charge in [0, 0.05) is 17.5 Å². The van der Waals surface area contributed by atoms with Crippen LogP contribution in [-0.2, 0) is 14.6 Å². The molecule has 0 spiro atoms. The van der Waals surface area contributed by atoms with Gasteiger partial charge in [-0.25, -0.2) is 8.42 Å². The maximum atomic E-state index is 12.8. The van der Waals surface area contributed by atoms with Gasteiger partial charge in [-0.05, 0) is 43.9 Å². The minimum Gasteiger partial charge on any atom is -0.338 e. The number of amides is 1. The first-order valence-corrected chi connectivity index (χ1v) is 11.2. The molecule has 1 amide bonds. The van der Waals surface area contributed by atoms with Gasteiger partial charge in [0.25, 0.3) is 0 Å². The Bertz CT molecular complexity index is 668. The van der Waals surface area contributed by atoms with E-state index in [0.29, 0.717) is 18.9 Å². The molecule has 1 saturated heterocycles.